The second kappa shape index (κ2) is 6.40. The molecule has 3 N–H and O–H groups in total. The number of ether oxygens (including phenoxy) is 1. The van der Waals surface area contributed by atoms with Gasteiger partial charge in [-0.1, -0.05) is 26.0 Å². The molecule has 0 saturated heterocycles. The van der Waals surface area contributed by atoms with E-state index >= 15 is 0 Å². The number of anilines is 2. The largest absolute Gasteiger partial charge is 0.397 e. The fourth-order valence-corrected chi connectivity index (χ4v) is 1.39. The third-order valence-corrected chi connectivity index (χ3v) is 2.95. The number of rotatable bonds is 5. The molecule has 0 saturated carbocycles. The first-order valence-electron chi connectivity index (χ1n) is 6.22. The molecule has 1 amide bonds. The lowest BCUT2D eigenvalue weighted by Gasteiger charge is -2.21. The van der Waals surface area contributed by atoms with E-state index in [4.69, 9.17) is 10.5 Å². The Morgan fingerprint density at radius 2 is 1.83 bits per heavy atom. The van der Waals surface area contributed by atoms with Crippen molar-refractivity contribution >= 4 is 17.3 Å². The zero-order valence-electron chi connectivity index (χ0n) is 11.4. The normalized spacial score (nSPS) is 14.3. The smallest absolute Gasteiger partial charge is 0.253 e. The minimum atomic E-state index is -0.498. The number of nitrogens with two attached hydrogens (primary N) is 1. The summed E-state index contributed by atoms with van der Waals surface area (Å²) in [6, 6.07) is 7.17. The number of nitrogen functional groups attached to an aromatic ring is 1. The molecule has 100 valence electrons. The minimum absolute atomic E-state index is 0.0406. The number of amides is 1. The summed E-state index contributed by atoms with van der Waals surface area (Å²) in [5.41, 5.74) is 6.93. The molecule has 0 spiro atoms. The van der Waals surface area contributed by atoms with E-state index in [1.54, 1.807) is 19.1 Å². The van der Waals surface area contributed by atoms with Crippen LogP contribution < -0.4 is 11.1 Å². The third-order valence-electron chi connectivity index (χ3n) is 2.95. The highest BCUT2D eigenvalue weighted by Crippen LogP contribution is 2.17. The quantitative estimate of drug-likeness (QED) is 0.790. The highest BCUT2D eigenvalue weighted by atomic mass is 16.5. The number of nitrogens with one attached hydrogen (secondary N) is 1. The lowest BCUT2D eigenvalue weighted by Crippen LogP contribution is -2.32. The van der Waals surface area contributed by atoms with Gasteiger partial charge in [-0.3, -0.25) is 4.79 Å². The molecule has 4 heteroatoms. The van der Waals surface area contributed by atoms with Crippen LogP contribution in [0.2, 0.25) is 0 Å². The van der Waals surface area contributed by atoms with Crippen LogP contribution >= 0.6 is 0 Å². The Bertz CT molecular complexity index is 405. The molecule has 0 aliphatic heterocycles. The van der Waals surface area contributed by atoms with Gasteiger partial charge in [0.2, 0.25) is 0 Å². The van der Waals surface area contributed by atoms with E-state index in [0.29, 0.717) is 17.3 Å². The van der Waals surface area contributed by atoms with Crippen molar-refractivity contribution in [3.05, 3.63) is 24.3 Å². The Labute approximate surface area is 109 Å². The molecule has 1 aromatic rings. The molecule has 1 rings (SSSR count). The molecule has 0 fully saturated rings. The first-order chi connectivity index (χ1) is 8.41. The molecule has 0 aliphatic carbocycles. The number of carbonyl (C=O) groups is 1. The maximum Gasteiger partial charge on any atom is 0.253 e. The molecule has 2 atom stereocenters. The Morgan fingerprint density at radius 3 is 2.39 bits per heavy atom. The monoisotopic (exact) mass is 250 g/mol. The van der Waals surface area contributed by atoms with Crippen molar-refractivity contribution < 1.29 is 9.53 Å². The number of benzene rings is 1. The lowest BCUT2D eigenvalue weighted by atomic mass is 10.1. The zero-order valence-corrected chi connectivity index (χ0v) is 11.4. The van der Waals surface area contributed by atoms with Crippen molar-refractivity contribution in [1.29, 1.82) is 0 Å². The van der Waals surface area contributed by atoms with Crippen molar-refractivity contribution in [2.24, 2.45) is 5.92 Å². The van der Waals surface area contributed by atoms with Gasteiger partial charge in [0.05, 0.1) is 17.5 Å². The summed E-state index contributed by atoms with van der Waals surface area (Å²) in [5, 5.41) is 2.77. The van der Waals surface area contributed by atoms with Crippen molar-refractivity contribution in [1.82, 2.24) is 0 Å². The molecular formula is C14H22N2O2. The van der Waals surface area contributed by atoms with Crippen LogP contribution in [-0.4, -0.2) is 18.1 Å². The van der Waals surface area contributed by atoms with Gasteiger partial charge >= 0.3 is 0 Å². The number of hydrogen-bond donors (Lipinski definition) is 2. The molecular weight excluding hydrogens is 228 g/mol. The first kappa shape index (κ1) is 14.5. The topological polar surface area (TPSA) is 64.3 Å². The van der Waals surface area contributed by atoms with E-state index in [1.165, 1.54) is 0 Å². The van der Waals surface area contributed by atoms with E-state index in [1.807, 2.05) is 19.1 Å². The average molecular weight is 250 g/mol. The number of carbonyl (C=O) groups excluding carboxylic acids is 1. The van der Waals surface area contributed by atoms with Crippen LogP contribution in [0.3, 0.4) is 0 Å². The number of hydrogen-bond acceptors (Lipinski definition) is 3. The fraction of sp³-hybridized carbons (Fsp3) is 0.500. The predicted molar refractivity (Wildman–Crippen MR) is 74.3 cm³/mol. The molecule has 4 nitrogen and oxygen atoms in total. The summed E-state index contributed by atoms with van der Waals surface area (Å²) in [4.78, 5) is 11.9. The summed E-state index contributed by atoms with van der Waals surface area (Å²) in [5.74, 6) is 0.197. The van der Waals surface area contributed by atoms with Crippen LogP contribution in [0.1, 0.15) is 27.7 Å². The van der Waals surface area contributed by atoms with Gasteiger partial charge in [0.1, 0.15) is 6.10 Å². The Balaban J connectivity index is 2.58. The summed E-state index contributed by atoms with van der Waals surface area (Å²) >= 11 is 0. The predicted octanol–water partition coefficient (Wildman–Crippen LogP) is 2.66. The average Bonchev–Trinajstić information content (AvgIpc) is 2.31. The molecule has 2 unspecified atom stereocenters. The van der Waals surface area contributed by atoms with Crippen LogP contribution in [-0.2, 0) is 9.53 Å². The summed E-state index contributed by atoms with van der Waals surface area (Å²) < 4.78 is 5.63. The molecule has 0 aromatic heterocycles. The second-order valence-electron chi connectivity index (χ2n) is 4.80. The van der Waals surface area contributed by atoms with Gasteiger partial charge in [-0.05, 0) is 31.9 Å². The van der Waals surface area contributed by atoms with Gasteiger partial charge in [-0.25, -0.2) is 0 Å². The van der Waals surface area contributed by atoms with E-state index in [2.05, 4.69) is 19.2 Å². The van der Waals surface area contributed by atoms with Crippen molar-refractivity contribution in [3.8, 4) is 0 Å². The Kier molecular flexibility index (Phi) is 5.16. The lowest BCUT2D eigenvalue weighted by molar-refractivity contribution is -0.130. The van der Waals surface area contributed by atoms with Gasteiger partial charge in [-0.15, -0.1) is 0 Å². The second-order valence-corrected chi connectivity index (χ2v) is 4.80. The van der Waals surface area contributed by atoms with Gasteiger partial charge in [0.15, 0.2) is 0 Å². The van der Waals surface area contributed by atoms with E-state index < -0.39 is 6.10 Å². The van der Waals surface area contributed by atoms with Crippen molar-refractivity contribution in [2.75, 3.05) is 11.1 Å². The first-order valence-corrected chi connectivity index (χ1v) is 6.22. The molecule has 0 heterocycles. The summed E-state index contributed by atoms with van der Waals surface area (Å²) in [6.45, 7) is 7.83. The van der Waals surface area contributed by atoms with Crippen LogP contribution in [0.5, 0.6) is 0 Å². The zero-order chi connectivity index (χ0) is 13.7. The van der Waals surface area contributed by atoms with E-state index in [0.717, 1.165) is 0 Å². The van der Waals surface area contributed by atoms with Crippen LogP contribution in [0.4, 0.5) is 11.4 Å². The van der Waals surface area contributed by atoms with E-state index in [9.17, 15) is 4.79 Å². The maximum absolute atomic E-state index is 11.9. The van der Waals surface area contributed by atoms with Crippen LogP contribution in [0, 0.1) is 5.92 Å². The standard InChI is InChI=1S/C14H22N2O2/c1-9(2)10(3)18-11(4)14(17)16-13-8-6-5-7-12(13)15/h5-11H,15H2,1-4H3,(H,16,17). The van der Waals surface area contributed by atoms with Crippen molar-refractivity contribution in [3.63, 3.8) is 0 Å². The molecule has 0 bridgehead atoms. The summed E-state index contributed by atoms with van der Waals surface area (Å²) in [7, 11) is 0. The van der Waals surface area contributed by atoms with E-state index in [-0.39, 0.29) is 12.0 Å². The molecule has 18 heavy (non-hydrogen) atoms. The highest BCUT2D eigenvalue weighted by molar-refractivity contribution is 5.96. The fourth-order valence-electron chi connectivity index (χ4n) is 1.39. The molecule has 1 aromatic carbocycles. The number of para-hydroxylation sites is 2. The Morgan fingerprint density at radius 1 is 1.22 bits per heavy atom. The maximum atomic E-state index is 11.9. The van der Waals surface area contributed by atoms with Crippen LogP contribution in [0.15, 0.2) is 24.3 Å². The molecule has 0 aliphatic rings. The third kappa shape index (κ3) is 4.04. The van der Waals surface area contributed by atoms with Gasteiger partial charge < -0.3 is 15.8 Å². The van der Waals surface area contributed by atoms with Gasteiger partial charge in [0.25, 0.3) is 5.91 Å². The SMILES string of the molecule is CC(OC(C)C(C)C)C(=O)Nc1ccccc1N. The van der Waals surface area contributed by atoms with Gasteiger partial charge in [-0.2, -0.15) is 0 Å². The molecule has 0 radical (unpaired) electrons. The summed E-state index contributed by atoms with van der Waals surface area (Å²) in [6.07, 6.45) is -0.458. The van der Waals surface area contributed by atoms with Crippen molar-refractivity contribution in [2.45, 2.75) is 39.9 Å². The Hall–Kier alpha value is -1.55. The van der Waals surface area contributed by atoms with Crippen LogP contribution in [0.25, 0.3) is 0 Å². The van der Waals surface area contributed by atoms with Gasteiger partial charge in [0, 0.05) is 0 Å². The minimum Gasteiger partial charge on any atom is -0.397 e. The highest BCUT2D eigenvalue weighted by Gasteiger charge is 2.18.